The molecular weight excluding hydrogens is 274 g/mol. The molecule has 1 aliphatic rings. The minimum Gasteiger partial charge on any atom is -0.366 e. The lowest BCUT2D eigenvalue weighted by Crippen LogP contribution is -2.15. The number of aromatic nitrogens is 1. The Morgan fingerprint density at radius 3 is 2.80 bits per heavy atom. The Balaban J connectivity index is 1.78. The molecule has 5 nitrogen and oxygen atoms in total. The van der Waals surface area contributed by atoms with Crippen LogP contribution in [0.5, 0.6) is 0 Å². The molecule has 3 N–H and O–H groups in total. The molecule has 0 saturated heterocycles. The van der Waals surface area contributed by atoms with Crippen molar-refractivity contribution in [2.75, 3.05) is 5.32 Å². The van der Waals surface area contributed by atoms with Crippen molar-refractivity contribution >= 4 is 28.3 Å². The van der Waals surface area contributed by atoms with E-state index in [1.165, 1.54) is 22.3 Å². The number of rotatable bonds is 3. The monoisotopic (exact) mass is 287 g/mol. The first-order valence-electron chi connectivity index (χ1n) is 6.33. The van der Waals surface area contributed by atoms with Crippen LogP contribution in [0.4, 0.5) is 5.13 Å². The molecule has 0 aliphatic heterocycles. The first-order valence-corrected chi connectivity index (χ1v) is 7.15. The molecule has 1 aliphatic carbocycles. The van der Waals surface area contributed by atoms with Gasteiger partial charge < -0.3 is 5.73 Å². The standard InChI is InChI=1S/C14H13N3O2S/c15-12(18)8-3-1-4-9(7-8)13(19)17-14-16-10-5-2-6-11(10)20-14/h1,3-4,7H,2,5-6H2,(H2,15,18)(H,16,17,19). The van der Waals surface area contributed by atoms with Crippen molar-refractivity contribution in [3.05, 3.63) is 46.0 Å². The van der Waals surface area contributed by atoms with Gasteiger partial charge in [-0.1, -0.05) is 6.07 Å². The van der Waals surface area contributed by atoms with Crippen molar-refractivity contribution in [2.45, 2.75) is 19.3 Å². The number of carbonyl (C=O) groups excluding carboxylic acids is 2. The van der Waals surface area contributed by atoms with Gasteiger partial charge in [0.15, 0.2) is 5.13 Å². The molecule has 1 aromatic heterocycles. The minimum absolute atomic E-state index is 0.277. The lowest BCUT2D eigenvalue weighted by atomic mass is 10.1. The largest absolute Gasteiger partial charge is 0.366 e. The topological polar surface area (TPSA) is 85.1 Å². The third kappa shape index (κ3) is 2.42. The molecule has 0 spiro atoms. The van der Waals surface area contributed by atoms with Crippen LogP contribution in [-0.2, 0) is 12.8 Å². The number of nitrogens with one attached hydrogen (secondary N) is 1. The van der Waals surface area contributed by atoms with Gasteiger partial charge >= 0.3 is 0 Å². The van der Waals surface area contributed by atoms with E-state index in [4.69, 9.17) is 5.73 Å². The zero-order valence-corrected chi connectivity index (χ0v) is 11.5. The van der Waals surface area contributed by atoms with Crippen LogP contribution in [0.3, 0.4) is 0 Å². The molecule has 0 atom stereocenters. The Labute approximate surface area is 119 Å². The van der Waals surface area contributed by atoms with Crippen molar-refractivity contribution in [1.82, 2.24) is 4.98 Å². The maximum absolute atomic E-state index is 12.1. The second kappa shape index (κ2) is 5.05. The number of primary amides is 1. The van der Waals surface area contributed by atoms with Gasteiger partial charge in [0, 0.05) is 16.0 Å². The second-order valence-electron chi connectivity index (χ2n) is 4.64. The van der Waals surface area contributed by atoms with Crippen LogP contribution in [0.2, 0.25) is 0 Å². The quantitative estimate of drug-likeness (QED) is 0.905. The lowest BCUT2D eigenvalue weighted by molar-refractivity contribution is 0.1000. The Morgan fingerprint density at radius 1 is 1.25 bits per heavy atom. The summed E-state index contributed by atoms with van der Waals surface area (Å²) in [6, 6.07) is 6.34. The van der Waals surface area contributed by atoms with Crippen LogP contribution < -0.4 is 11.1 Å². The van der Waals surface area contributed by atoms with Gasteiger partial charge in [0.2, 0.25) is 5.91 Å². The molecule has 3 rings (SSSR count). The Bertz CT molecular complexity index is 672. The number of anilines is 1. The van der Waals surface area contributed by atoms with Gasteiger partial charge in [0.25, 0.3) is 5.91 Å². The molecule has 0 radical (unpaired) electrons. The van der Waals surface area contributed by atoms with E-state index in [9.17, 15) is 9.59 Å². The lowest BCUT2D eigenvalue weighted by Gasteiger charge is -2.03. The van der Waals surface area contributed by atoms with Gasteiger partial charge in [-0.05, 0) is 37.5 Å². The maximum Gasteiger partial charge on any atom is 0.257 e. The first-order chi connectivity index (χ1) is 9.63. The molecule has 20 heavy (non-hydrogen) atoms. The molecule has 102 valence electrons. The minimum atomic E-state index is -0.548. The predicted molar refractivity (Wildman–Crippen MR) is 77.1 cm³/mol. The van der Waals surface area contributed by atoms with E-state index in [1.807, 2.05) is 0 Å². The SMILES string of the molecule is NC(=O)c1cccc(C(=O)Nc2nc3c(s2)CCC3)c1. The number of nitrogens with zero attached hydrogens (tertiary/aromatic N) is 1. The summed E-state index contributed by atoms with van der Waals surface area (Å²) < 4.78 is 0. The van der Waals surface area contributed by atoms with E-state index in [1.54, 1.807) is 18.2 Å². The number of hydrogen-bond acceptors (Lipinski definition) is 4. The molecule has 0 fully saturated rings. The molecule has 0 bridgehead atoms. The van der Waals surface area contributed by atoms with E-state index in [0.29, 0.717) is 16.3 Å². The number of thiazole rings is 1. The summed E-state index contributed by atoms with van der Waals surface area (Å²) in [7, 11) is 0. The normalized spacial score (nSPS) is 13.0. The third-order valence-electron chi connectivity index (χ3n) is 3.23. The Hall–Kier alpha value is -2.21. The molecular formula is C14H13N3O2S. The number of benzene rings is 1. The summed E-state index contributed by atoms with van der Waals surface area (Å²) >= 11 is 1.52. The fraction of sp³-hybridized carbons (Fsp3) is 0.214. The van der Waals surface area contributed by atoms with E-state index in [-0.39, 0.29) is 5.91 Å². The van der Waals surface area contributed by atoms with Gasteiger partial charge in [-0.15, -0.1) is 11.3 Å². The van der Waals surface area contributed by atoms with Crippen LogP contribution >= 0.6 is 11.3 Å². The average Bonchev–Trinajstić information content (AvgIpc) is 2.99. The van der Waals surface area contributed by atoms with Gasteiger partial charge in [0.1, 0.15) is 0 Å². The smallest absolute Gasteiger partial charge is 0.257 e. The molecule has 0 saturated carbocycles. The van der Waals surface area contributed by atoms with E-state index in [0.717, 1.165) is 25.0 Å². The number of fused-ring (bicyclic) bond motifs is 1. The highest BCUT2D eigenvalue weighted by atomic mass is 32.1. The van der Waals surface area contributed by atoms with Crippen molar-refractivity contribution in [2.24, 2.45) is 5.73 Å². The van der Waals surface area contributed by atoms with Gasteiger partial charge in [-0.2, -0.15) is 0 Å². The van der Waals surface area contributed by atoms with E-state index >= 15 is 0 Å². The van der Waals surface area contributed by atoms with Gasteiger partial charge in [0.05, 0.1) is 5.69 Å². The van der Waals surface area contributed by atoms with Crippen molar-refractivity contribution in [1.29, 1.82) is 0 Å². The molecule has 6 heteroatoms. The first kappa shape index (κ1) is 12.8. The predicted octanol–water partition coefficient (Wildman–Crippen LogP) is 1.98. The maximum atomic E-state index is 12.1. The molecule has 2 aromatic rings. The number of amides is 2. The summed E-state index contributed by atoms with van der Waals surface area (Å²) in [5.74, 6) is -0.826. The Kier molecular flexibility index (Phi) is 3.23. The zero-order valence-electron chi connectivity index (χ0n) is 10.7. The van der Waals surface area contributed by atoms with Crippen LogP contribution in [0.25, 0.3) is 0 Å². The second-order valence-corrected chi connectivity index (χ2v) is 5.73. The summed E-state index contributed by atoms with van der Waals surface area (Å²) in [4.78, 5) is 28.9. The molecule has 0 unspecified atom stereocenters. The molecule has 1 aromatic carbocycles. The summed E-state index contributed by atoms with van der Waals surface area (Å²) in [6.45, 7) is 0. The Morgan fingerprint density at radius 2 is 2.05 bits per heavy atom. The van der Waals surface area contributed by atoms with Crippen LogP contribution in [-0.4, -0.2) is 16.8 Å². The number of nitrogens with two attached hydrogens (primary N) is 1. The molecule has 2 amide bonds. The van der Waals surface area contributed by atoms with Gasteiger partial charge in [-0.25, -0.2) is 4.98 Å². The summed E-state index contributed by atoms with van der Waals surface area (Å²) in [5.41, 5.74) is 7.02. The summed E-state index contributed by atoms with van der Waals surface area (Å²) in [5, 5.41) is 3.39. The zero-order chi connectivity index (χ0) is 14.1. The highest BCUT2D eigenvalue weighted by Gasteiger charge is 2.18. The van der Waals surface area contributed by atoms with Crippen LogP contribution in [0.15, 0.2) is 24.3 Å². The van der Waals surface area contributed by atoms with Crippen LogP contribution in [0.1, 0.15) is 37.7 Å². The summed E-state index contributed by atoms with van der Waals surface area (Å²) in [6.07, 6.45) is 3.17. The van der Waals surface area contributed by atoms with Crippen molar-refractivity contribution < 1.29 is 9.59 Å². The third-order valence-corrected chi connectivity index (χ3v) is 4.30. The molecule has 1 heterocycles. The number of aryl methyl sites for hydroxylation is 2. The highest BCUT2D eigenvalue weighted by Crippen LogP contribution is 2.30. The average molecular weight is 287 g/mol. The van der Waals surface area contributed by atoms with Crippen LogP contribution in [0, 0.1) is 0 Å². The van der Waals surface area contributed by atoms with E-state index in [2.05, 4.69) is 10.3 Å². The fourth-order valence-electron chi connectivity index (χ4n) is 2.23. The fourth-order valence-corrected chi connectivity index (χ4v) is 3.27. The van der Waals surface area contributed by atoms with E-state index < -0.39 is 5.91 Å². The number of hydrogen-bond donors (Lipinski definition) is 2. The van der Waals surface area contributed by atoms with Gasteiger partial charge in [-0.3, -0.25) is 14.9 Å². The highest BCUT2D eigenvalue weighted by molar-refractivity contribution is 7.15. The van der Waals surface area contributed by atoms with Crippen molar-refractivity contribution in [3.63, 3.8) is 0 Å². The number of carbonyl (C=O) groups is 2. The van der Waals surface area contributed by atoms with Crippen molar-refractivity contribution in [3.8, 4) is 0 Å².